The average molecular weight is 205 g/mol. The lowest BCUT2D eigenvalue weighted by Gasteiger charge is -2.19. The Labute approximate surface area is 81.9 Å². The van der Waals surface area contributed by atoms with Crippen LogP contribution in [0.2, 0.25) is 0 Å². The number of hydrogen-bond acceptors (Lipinski definition) is 5. The van der Waals surface area contributed by atoms with E-state index in [0.717, 1.165) is 0 Å². The maximum absolute atomic E-state index is 11.0. The maximum Gasteiger partial charge on any atom is 0.347 e. The highest BCUT2D eigenvalue weighted by Gasteiger charge is 2.31. The van der Waals surface area contributed by atoms with Crippen molar-refractivity contribution in [2.45, 2.75) is 19.4 Å². The minimum Gasteiger partial charge on any atom is -0.478 e. The van der Waals surface area contributed by atoms with E-state index in [-0.39, 0.29) is 19.7 Å². The van der Waals surface area contributed by atoms with Crippen LogP contribution in [0.1, 0.15) is 13.8 Å². The number of ether oxygens (including phenoxy) is 1. The summed E-state index contributed by atoms with van der Waals surface area (Å²) in [6.45, 7) is 2.65. The SMILES string of the molecule is CC(C)(OC(=O)CNCCO)C(=O)O. The van der Waals surface area contributed by atoms with Gasteiger partial charge in [0.15, 0.2) is 0 Å². The van der Waals surface area contributed by atoms with Gasteiger partial charge in [-0.1, -0.05) is 0 Å². The van der Waals surface area contributed by atoms with Crippen LogP contribution in [-0.2, 0) is 14.3 Å². The van der Waals surface area contributed by atoms with E-state index in [9.17, 15) is 9.59 Å². The van der Waals surface area contributed by atoms with Crippen LogP contribution in [0.3, 0.4) is 0 Å². The van der Waals surface area contributed by atoms with Crippen molar-refractivity contribution in [1.29, 1.82) is 0 Å². The van der Waals surface area contributed by atoms with Gasteiger partial charge < -0.3 is 20.3 Å². The molecule has 0 aliphatic carbocycles. The van der Waals surface area contributed by atoms with E-state index in [1.54, 1.807) is 0 Å². The second kappa shape index (κ2) is 5.56. The van der Waals surface area contributed by atoms with E-state index < -0.39 is 17.5 Å². The lowest BCUT2D eigenvalue weighted by molar-refractivity contribution is -0.173. The number of nitrogens with one attached hydrogen (secondary N) is 1. The summed E-state index contributed by atoms with van der Waals surface area (Å²) in [6, 6.07) is 0. The van der Waals surface area contributed by atoms with E-state index in [4.69, 9.17) is 10.2 Å². The summed E-state index contributed by atoms with van der Waals surface area (Å²) in [5, 5.41) is 19.6. The van der Waals surface area contributed by atoms with Crippen LogP contribution in [0.4, 0.5) is 0 Å². The van der Waals surface area contributed by atoms with Crippen LogP contribution < -0.4 is 5.32 Å². The zero-order valence-electron chi connectivity index (χ0n) is 8.24. The topological polar surface area (TPSA) is 95.9 Å². The van der Waals surface area contributed by atoms with Crippen molar-refractivity contribution in [3.05, 3.63) is 0 Å². The third kappa shape index (κ3) is 4.78. The molecule has 0 aromatic carbocycles. The molecule has 6 heteroatoms. The molecule has 0 fully saturated rings. The molecule has 0 aliphatic rings. The number of esters is 1. The molecule has 82 valence electrons. The van der Waals surface area contributed by atoms with Crippen molar-refractivity contribution < 1.29 is 24.5 Å². The number of hydrogen-bond donors (Lipinski definition) is 3. The first-order chi connectivity index (χ1) is 6.40. The summed E-state index contributed by atoms with van der Waals surface area (Å²) in [6.07, 6.45) is 0. The van der Waals surface area contributed by atoms with Gasteiger partial charge in [-0.05, 0) is 13.8 Å². The molecule has 0 saturated heterocycles. The van der Waals surface area contributed by atoms with Gasteiger partial charge in [-0.15, -0.1) is 0 Å². The fourth-order valence-corrected chi connectivity index (χ4v) is 0.634. The Morgan fingerprint density at radius 3 is 2.43 bits per heavy atom. The molecule has 0 radical (unpaired) electrons. The molecule has 0 heterocycles. The number of aliphatic hydroxyl groups is 1. The average Bonchev–Trinajstić information content (AvgIpc) is 2.03. The highest BCUT2D eigenvalue weighted by Crippen LogP contribution is 2.08. The Kier molecular flexibility index (Phi) is 5.11. The van der Waals surface area contributed by atoms with Crippen LogP contribution in [-0.4, -0.2) is 47.4 Å². The normalized spacial score (nSPS) is 11.1. The smallest absolute Gasteiger partial charge is 0.347 e. The van der Waals surface area contributed by atoms with Gasteiger partial charge in [-0.3, -0.25) is 4.79 Å². The molecule has 0 atom stereocenters. The Bertz CT molecular complexity index is 214. The number of carbonyl (C=O) groups excluding carboxylic acids is 1. The molecule has 3 N–H and O–H groups in total. The molecule has 0 rings (SSSR count). The molecular weight excluding hydrogens is 190 g/mol. The molecule has 0 aromatic heterocycles. The van der Waals surface area contributed by atoms with Crippen LogP contribution in [0.15, 0.2) is 0 Å². The fraction of sp³-hybridized carbons (Fsp3) is 0.750. The van der Waals surface area contributed by atoms with E-state index in [0.29, 0.717) is 0 Å². The highest BCUT2D eigenvalue weighted by molar-refractivity contribution is 5.81. The van der Waals surface area contributed by atoms with Gasteiger partial charge in [0.25, 0.3) is 0 Å². The summed E-state index contributed by atoms with van der Waals surface area (Å²) in [5.41, 5.74) is -1.52. The van der Waals surface area contributed by atoms with Gasteiger partial charge in [-0.25, -0.2) is 4.79 Å². The molecule has 0 aromatic rings. The van der Waals surface area contributed by atoms with Gasteiger partial charge in [0.2, 0.25) is 5.60 Å². The summed E-state index contributed by atoms with van der Waals surface area (Å²) in [5.74, 6) is -1.86. The van der Waals surface area contributed by atoms with Crippen molar-refractivity contribution in [2.24, 2.45) is 0 Å². The quantitative estimate of drug-likeness (QED) is 0.379. The molecule has 6 nitrogen and oxygen atoms in total. The monoisotopic (exact) mass is 205 g/mol. The Balaban J connectivity index is 3.88. The van der Waals surface area contributed by atoms with Crippen molar-refractivity contribution >= 4 is 11.9 Å². The molecule has 0 aliphatic heterocycles. The maximum atomic E-state index is 11.0. The molecular formula is C8H15NO5. The van der Waals surface area contributed by atoms with E-state index >= 15 is 0 Å². The van der Waals surface area contributed by atoms with Crippen LogP contribution in [0.25, 0.3) is 0 Å². The van der Waals surface area contributed by atoms with Crippen molar-refractivity contribution in [1.82, 2.24) is 5.32 Å². The van der Waals surface area contributed by atoms with Gasteiger partial charge >= 0.3 is 11.9 Å². The van der Waals surface area contributed by atoms with Crippen molar-refractivity contribution in [2.75, 3.05) is 19.7 Å². The summed E-state index contributed by atoms with van der Waals surface area (Å²) in [4.78, 5) is 21.6. The third-order valence-electron chi connectivity index (χ3n) is 1.44. The van der Waals surface area contributed by atoms with Gasteiger partial charge in [0.05, 0.1) is 13.2 Å². The standard InChI is InChI=1S/C8H15NO5/c1-8(2,7(12)13)14-6(11)5-9-3-4-10/h9-10H,3-5H2,1-2H3,(H,12,13). The first-order valence-electron chi connectivity index (χ1n) is 4.17. The van der Waals surface area contributed by atoms with Crippen molar-refractivity contribution in [3.8, 4) is 0 Å². The summed E-state index contributed by atoms with van der Waals surface area (Å²) >= 11 is 0. The minimum absolute atomic E-state index is 0.0877. The molecule has 0 bridgehead atoms. The number of aliphatic carboxylic acids is 1. The van der Waals surface area contributed by atoms with E-state index in [1.807, 2.05) is 0 Å². The first-order valence-corrected chi connectivity index (χ1v) is 4.17. The van der Waals surface area contributed by atoms with Gasteiger partial charge in [0.1, 0.15) is 0 Å². The highest BCUT2D eigenvalue weighted by atomic mass is 16.6. The summed E-state index contributed by atoms with van der Waals surface area (Å²) in [7, 11) is 0. The number of rotatable bonds is 6. The molecule has 0 saturated carbocycles. The van der Waals surface area contributed by atoms with Gasteiger partial charge in [-0.2, -0.15) is 0 Å². The van der Waals surface area contributed by atoms with E-state index in [1.165, 1.54) is 13.8 Å². The number of carboxylic acid groups (broad SMARTS) is 1. The number of aliphatic hydroxyl groups excluding tert-OH is 1. The molecule has 0 unspecified atom stereocenters. The lowest BCUT2D eigenvalue weighted by atomic mass is 10.1. The largest absolute Gasteiger partial charge is 0.478 e. The zero-order valence-corrected chi connectivity index (χ0v) is 8.24. The lowest BCUT2D eigenvalue weighted by Crippen LogP contribution is -2.40. The summed E-state index contributed by atoms with van der Waals surface area (Å²) < 4.78 is 4.66. The molecule has 0 amide bonds. The second-order valence-corrected chi connectivity index (χ2v) is 3.19. The predicted octanol–water partition coefficient (Wildman–Crippen LogP) is -1.03. The molecule has 0 spiro atoms. The predicted molar refractivity (Wildman–Crippen MR) is 47.8 cm³/mol. The first kappa shape index (κ1) is 12.9. The second-order valence-electron chi connectivity index (χ2n) is 3.19. The Hall–Kier alpha value is -1.14. The number of carbonyl (C=O) groups is 2. The fourth-order valence-electron chi connectivity index (χ4n) is 0.634. The minimum atomic E-state index is -1.52. The van der Waals surface area contributed by atoms with Crippen LogP contribution in [0, 0.1) is 0 Å². The Morgan fingerprint density at radius 2 is 2.00 bits per heavy atom. The molecule has 14 heavy (non-hydrogen) atoms. The Morgan fingerprint density at radius 1 is 1.43 bits per heavy atom. The van der Waals surface area contributed by atoms with E-state index in [2.05, 4.69) is 10.1 Å². The van der Waals surface area contributed by atoms with Crippen LogP contribution >= 0.6 is 0 Å². The zero-order chi connectivity index (χ0) is 11.2. The number of carboxylic acids is 1. The third-order valence-corrected chi connectivity index (χ3v) is 1.44. The van der Waals surface area contributed by atoms with Gasteiger partial charge in [0, 0.05) is 6.54 Å². The van der Waals surface area contributed by atoms with Crippen molar-refractivity contribution in [3.63, 3.8) is 0 Å². The van der Waals surface area contributed by atoms with Crippen LogP contribution in [0.5, 0.6) is 0 Å².